The number of aromatic nitrogens is 1. The van der Waals surface area contributed by atoms with Crippen molar-refractivity contribution in [3.05, 3.63) is 98.4 Å². The van der Waals surface area contributed by atoms with Gasteiger partial charge in [-0.2, -0.15) is 0 Å². The summed E-state index contributed by atoms with van der Waals surface area (Å²) in [6, 6.07) is 3.14. The Morgan fingerprint density at radius 2 is 1.57 bits per heavy atom. The highest BCUT2D eigenvalue weighted by Crippen LogP contribution is 2.56. The highest BCUT2D eigenvalue weighted by molar-refractivity contribution is 6.05. The zero-order chi connectivity index (χ0) is 46.2. The third-order valence-electron chi connectivity index (χ3n) is 14.1. The molecule has 6 N–H and O–H groups in total. The molecule has 1 saturated heterocycles. The van der Waals surface area contributed by atoms with Gasteiger partial charge in [0.15, 0.2) is 28.8 Å². The molecule has 2 unspecified atom stereocenters. The Bertz CT molecular complexity index is 2400. The van der Waals surface area contributed by atoms with E-state index in [2.05, 4.69) is 17.1 Å². The van der Waals surface area contributed by atoms with E-state index in [1.165, 1.54) is 52.4 Å². The Morgan fingerprint density at radius 3 is 2.22 bits per heavy atom. The van der Waals surface area contributed by atoms with Crippen molar-refractivity contribution in [2.24, 2.45) is 29.6 Å². The van der Waals surface area contributed by atoms with E-state index in [0.29, 0.717) is 18.8 Å². The molecular formula is C47H60N4O12. The van der Waals surface area contributed by atoms with Crippen LogP contribution in [0.1, 0.15) is 72.8 Å². The van der Waals surface area contributed by atoms with Gasteiger partial charge in [-0.25, -0.2) is 4.98 Å². The number of anilines is 1. The van der Waals surface area contributed by atoms with Gasteiger partial charge in [0.05, 0.1) is 59.3 Å². The number of ether oxygens (including phenoxy) is 3. The monoisotopic (exact) mass is 872 g/mol. The molecule has 16 nitrogen and oxygen atoms in total. The number of benzene rings is 1. The first-order chi connectivity index (χ1) is 29.5. The number of methoxy groups -OCH3 is 1. The maximum absolute atomic E-state index is 14.4. The number of hydrogen-bond acceptors (Lipinski definition) is 15. The fraction of sp³-hybridized carbons (Fsp3) is 0.532. The number of Topliss-reactive ketones (excluding diaryl/α,β-unsaturated/α-hetero) is 1. The van der Waals surface area contributed by atoms with Crippen molar-refractivity contribution < 1.29 is 53.7 Å². The van der Waals surface area contributed by atoms with Crippen LogP contribution in [0.3, 0.4) is 0 Å². The quantitative estimate of drug-likeness (QED) is 0.251. The summed E-state index contributed by atoms with van der Waals surface area (Å²) >= 11 is 0. The van der Waals surface area contributed by atoms with Crippen molar-refractivity contribution in [1.29, 1.82) is 0 Å². The van der Waals surface area contributed by atoms with Crippen molar-refractivity contribution in [2.75, 3.05) is 39.2 Å². The number of aliphatic hydroxyl groups excluding tert-OH is 5. The van der Waals surface area contributed by atoms with Crippen LogP contribution in [0.2, 0.25) is 0 Å². The average Bonchev–Trinajstić information content (AvgIpc) is 3.50. The van der Waals surface area contributed by atoms with Crippen molar-refractivity contribution in [3.8, 4) is 11.5 Å². The normalized spacial score (nSPS) is 35.7. The third-order valence-corrected chi connectivity index (χ3v) is 14.1. The smallest absolute Gasteiger partial charge is 0.306 e. The lowest BCUT2D eigenvalue weighted by molar-refractivity contribution is -0.146. The molecule has 16 heteroatoms. The van der Waals surface area contributed by atoms with Gasteiger partial charge in [-0.15, -0.1) is 0 Å². The number of likely N-dealkylation sites (N-methyl/N-ethyl adjacent to an activating group) is 1. The predicted molar refractivity (Wildman–Crippen MR) is 233 cm³/mol. The van der Waals surface area contributed by atoms with Crippen LogP contribution in [0, 0.1) is 29.6 Å². The van der Waals surface area contributed by atoms with Gasteiger partial charge in [0.25, 0.3) is 5.91 Å². The molecule has 7 aliphatic rings. The van der Waals surface area contributed by atoms with E-state index in [4.69, 9.17) is 23.6 Å². The fourth-order valence-electron chi connectivity index (χ4n) is 9.36. The van der Waals surface area contributed by atoms with Crippen LogP contribution in [0.15, 0.2) is 85.9 Å². The van der Waals surface area contributed by atoms with Gasteiger partial charge in [0.1, 0.15) is 17.2 Å². The Labute approximate surface area is 366 Å². The summed E-state index contributed by atoms with van der Waals surface area (Å²) in [4.78, 5) is 51.3. The second-order valence-electron chi connectivity index (χ2n) is 18.6. The number of nitrogens with zero attached hydrogens (tertiary/aromatic N) is 3. The summed E-state index contributed by atoms with van der Waals surface area (Å²) in [5.74, 6) is -9.43. The lowest BCUT2D eigenvalue weighted by Gasteiger charge is -2.53. The third kappa shape index (κ3) is 7.68. The first-order valence-electron chi connectivity index (χ1n) is 21.4. The van der Waals surface area contributed by atoms with Crippen LogP contribution in [0.4, 0.5) is 5.69 Å². The first kappa shape index (κ1) is 45.8. The van der Waals surface area contributed by atoms with Crippen LogP contribution in [0.25, 0.3) is 17.2 Å². The molecule has 63 heavy (non-hydrogen) atoms. The Morgan fingerprint density at radius 1 is 0.921 bits per heavy atom. The minimum absolute atomic E-state index is 0.00985. The molecule has 1 amide bonds. The van der Waals surface area contributed by atoms with E-state index < -0.39 is 94.3 Å². The number of ketones is 1. The molecule has 7 rings (SSSR count). The number of aliphatic hydroxyl groups is 5. The molecule has 0 radical (unpaired) electrons. The molecule has 0 spiro atoms. The summed E-state index contributed by atoms with van der Waals surface area (Å²) in [5, 5.41) is 61.1. The summed E-state index contributed by atoms with van der Waals surface area (Å²) in [7, 11) is 5.44. The fourth-order valence-corrected chi connectivity index (χ4v) is 9.36. The minimum atomic E-state index is -1.93. The lowest BCUT2D eigenvalue weighted by Crippen LogP contribution is -2.67. The maximum Gasteiger partial charge on any atom is 0.306 e. The van der Waals surface area contributed by atoms with Crippen LogP contribution in [-0.4, -0.2) is 117 Å². The molecular weight excluding hydrogens is 813 g/mol. The van der Waals surface area contributed by atoms with Gasteiger partial charge in [-0.1, -0.05) is 45.9 Å². The van der Waals surface area contributed by atoms with Gasteiger partial charge in [-0.05, 0) is 40.9 Å². The number of hydrogen-bond donors (Lipinski definition) is 6. The number of nitrogens with one attached hydrogen (secondary N) is 1. The molecule has 1 fully saturated rings. The maximum atomic E-state index is 14.4. The molecule has 0 aromatic rings. The van der Waals surface area contributed by atoms with Crippen LogP contribution in [0.5, 0.6) is 0 Å². The van der Waals surface area contributed by atoms with Crippen molar-refractivity contribution in [2.45, 2.75) is 97.0 Å². The average molecular weight is 873 g/mol. The molecule has 3 aliphatic carbocycles. The zero-order valence-electron chi connectivity index (χ0n) is 37.7. The van der Waals surface area contributed by atoms with Gasteiger partial charge < -0.3 is 59.3 Å². The number of carbonyl (C=O) groups is 2. The molecule has 340 valence electrons. The van der Waals surface area contributed by atoms with Crippen LogP contribution >= 0.6 is 0 Å². The highest BCUT2D eigenvalue weighted by Gasteiger charge is 2.58. The lowest BCUT2D eigenvalue weighted by atomic mass is 9.69. The second-order valence-corrected chi connectivity index (χ2v) is 18.6. The van der Waals surface area contributed by atoms with Gasteiger partial charge in [0.2, 0.25) is 5.43 Å². The largest absolute Gasteiger partial charge is 0.509 e. The molecule has 11 atom stereocenters. The van der Waals surface area contributed by atoms with Crippen molar-refractivity contribution in [1.82, 2.24) is 15.2 Å². The number of carbonyl (C=O) groups excluding carboxylic acids is 2. The van der Waals surface area contributed by atoms with E-state index in [-0.39, 0.29) is 56.6 Å². The van der Waals surface area contributed by atoms with Crippen LogP contribution < -0.4 is 15.6 Å². The predicted octanol–water partition coefficient (Wildman–Crippen LogP) is 4.44. The highest BCUT2D eigenvalue weighted by atomic mass is 16.7. The Hall–Kier alpha value is -5.26. The summed E-state index contributed by atoms with van der Waals surface area (Å²) in [6.45, 7) is 14.8. The Kier molecular flexibility index (Phi) is 12.1. The molecule has 4 aliphatic heterocycles. The van der Waals surface area contributed by atoms with Gasteiger partial charge in [-0.3, -0.25) is 14.4 Å². The van der Waals surface area contributed by atoms with Crippen LogP contribution in [-0.2, 0) is 23.8 Å². The van der Waals surface area contributed by atoms with Gasteiger partial charge >= 0.3 is 5.79 Å². The van der Waals surface area contributed by atoms with E-state index in [9.17, 15) is 39.9 Å². The summed E-state index contributed by atoms with van der Waals surface area (Å²) in [6.07, 6.45) is 3.56. The number of fused-ring (bicyclic) bond motifs is 2. The number of allylic oxidation sites excluding steroid dienone is 5. The number of rotatable bonds is 3. The Balaban J connectivity index is 1.40. The van der Waals surface area contributed by atoms with Crippen molar-refractivity contribution in [3.63, 3.8) is 0 Å². The zero-order valence-corrected chi connectivity index (χ0v) is 37.7. The second kappa shape index (κ2) is 16.7. The summed E-state index contributed by atoms with van der Waals surface area (Å²) < 4.78 is 24.6. The van der Waals surface area contributed by atoms with E-state index in [1.54, 1.807) is 45.9 Å². The van der Waals surface area contributed by atoms with E-state index >= 15 is 0 Å². The van der Waals surface area contributed by atoms with E-state index in [0.717, 1.165) is 0 Å². The molecule has 0 aromatic carbocycles. The standard InChI is InChI=1S/C47H60N4O12/c1-21-13-12-14-22(2)45(59)49-36-41(57)32-31(35-43(36)62-30-18-27(17-28(52)34(30)48-35)51-19-46(7,20-51)50(9)10)33-42(26(6)40(32)56)63-47(8,44(33)58)61-16-15-29(60-11)23(3)38(54)25(5)39(55)24(4)37(21)53/h12-18,21,23-25,29,31-32,37-39,53-55,57-58H,19-20H2,1-11H3,(H,49,59)/b13-12+,16-15+,22-14-/t21-,23+,24+,25-,29-,31?,32?,37-,38+,39+,47-/m0/s1. The first-order valence-corrected chi connectivity index (χ1v) is 21.4. The van der Waals surface area contributed by atoms with E-state index in [1.807, 2.05) is 19.0 Å². The molecule has 0 saturated carbocycles. The SMILES string of the molecule is CO[C@H]1/C=C/O[C@@]2(C)OC3=C(C)C(=O)C4C(O)=C(NC(=O)/C(C)=C\C=C\[C@H](C)[C@H](O)[C@@H](C)[C@@H](O)[C@@H](C)[C@H](O)[C@@H]1C)c1oc5cc(N6CC(C)(N(C)C)C6)cc(=O)c-5nc1C4C3=C2O. The van der Waals surface area contributed by atoms with Gasteiger partial charge in [0, 0.05) is 79.8 Å². The molecule has 4 bridgehead atoms. The molecule has 4 heterocycles. The minimum Gasteiger partial charge on any atom is -0.509 e. The number of amides is 1. The molecule has 0 aromatic heterocycles. The topological polar surface area (TPSA) is 225 Å². The summed E-state index contributed by atoms with van der Waals surface area (Å²) in [5.41, 5.74) is -0.00666. The van der Waals surface area contributed by atoms with Crippen molar-refractivity contribution >= 4 is 23.1 Å².